The fourth-order valence-corrected chi connectivity index (χ4v) is 2.69. The quantitative estimate of drug-likeness (QED) is 0.672. The molecule has 0 N–H and O–H groups in total. The van der Waals surface area contributed by atoms with Crippen LogP contribution in [0.4, 0.5) is 0 Å². The first kappa shape index (κ1) is 11.6. The number of hydrogen-bond acceptors (Lipinski definition) is 1. The van der Waals surface area contributed by atoms with E-state index in [1.165, 1.54) is 22.2 Å². The zero-order chi connectivity index (χ0) is 13.2. The summed E-state index contributed by atoms with van der Waals surface area (Å²) in [4.78, 5) is 0. The van der Waals surface area contributed by atoms with Gasteiger partial charge in [-0.15, -0.1) is 0 Å². The number of fused-ring (bicyclic) bond motifs is 1. The average molecular weight is 246 g/mol. The predicted molar refractivity (Wildman–Crippen MR) is 76.9 cm³/mol. The van der Waals surface area contributed by atoms with Gasteiger partial charge in [-0.3, -0.25) is 0 Å². The summed E-state index contributed by atoms with van der Waals surface area (Å²) in [6.07, 6.45) is 2.45. The molecule has 2 aromatic heterocycles. The molecule has 0 spiro atoms. The van der Waals surface area contributed by atoms with Crippen molar-refractivity contribution in [1.82, 2.24) is 4.40 Å². The molecule has 0 saturated carbocycles. The van der Waals surface area contributed by atoms with Gasteiger partial charge in [0.05, 0.1) is 12.5 Å². The number of aryl methyl sites for hydroxylation is 1. The molecule has 92 valence electrons. The van der Waals surface area contributed by atoms with E-state index in [1.54, 1.807) is 0 Å². The summed E-state index contributed by atoms with van der Waals surface area (Å²) >= 11 is 0. The molecule has 0 bridgehead atoms. The lowest BCUT2D eigenvalue weighted by atomic mass is 10.0. The second-order valence-electron chi connectivity index (χ2n) is 4.60. The largest absolute Gasteiger partial charge is 0.319 e. The maximum atomic E-state index is 9.10. The summed E-state index contributed by atoms with van der Waals surface area (Å²) in [7, 11) is 0. The van der Waals surface area contributed by atoms with E-state index in [1.807, 2.05) is 36.5 Å². The molecule has 1 aromatic carbocycles. The molecule has 0 saturated heterocycles. The number of aromatic nitrogens is 1. The molecule has 0 fully saturated rings. The highest BCUT2D eigenvalue weighted by Gasteiger charge is 2.15. The van der Waals surface area contributed by atoms with Gasteiger partial charge in [0.15, 0.2) is 0 Å². The van der Waals surface area contributed by atoms with Gasteiger partial charge in [-0.05, 0) is 30.2 Å². The van der Waals surface area contributed by atoms with E-state index < -0.39 is 0 Å². The van der Waals surface area contributed by atoms with Crippen LogP contribution in [0.5, 0.6) is 0 Å². The minimum absolute atomic E-state index is 0.420. The molecule has 0 aliphatic carbocycles. The number of pyridine rings is 1. The minimum Gasteiger partial charge on any atom is -0.319 e. The van der Waals surface area contributed by atoms with Gasteiger partial charge in [0, 0.05) is 23.0 Å². The molecule has 0 atom stereocenters. The Labute approximate surface area is 112 Å². The molecule has 2 heterocycles. The summed E-state index contributed by atoms with van der Waals surface area (Å²) in [6, 6.07) is 18.7. The molecule has 2 heteroatoms. The molecule has 0 radical (unpaired) electrons. The van der Waals surface area contributed by atoms with Crippen LogP contribution in [0.2, 0.25) is 0 Å². The molecular weight excluding hydrogens is 232 g/mol. The van der Waals surface area contributed by atoms with Crippen molar-refractivity contribution in [1.29, 1.82) is 5.26 Å². The topological polar surface area (TPSA) is 28.2 Å². The SMILES string of the molecule is Cc1c(-c2ccccc2)c(CC#N)n2ccccc12. The zero-order valence-corrected chi connectivity index (χ0v) is 10.8. The Morgan fingerprint density at radius 3 is 2.53 bits per heavy atom. The molecule has 0 unspecified atom stereocenters. The third-order valence-corrected chi connectivity index (χ3v) is 3.51. The fraction of sp³-hybridized carbons (Fsp3) is 0.118. The van der Waals surface area contributed by atoms with Gasteiger partial charge in [-0.25, -0.2) is 0 Å². The average Bonchev–Trinajstić information content (AvgIpc) is 2.74. The van der Waals surface area contributed by atoms with Crippen molar-refractivity contribution in [2.45, 2.75) is 13.3 Å². The Morgan fingerprint density at radius 2 is 1.79 bits per heavy atom. The van der Waals surface area contributed by atoms with Gasteiger partial charge in [-0.2, -0.15) is 5.26 Å². The fourth-order valence-electron chi connectivity index (χ4n) is 2.69. The van der Waals surface area contributed by atoms with E-state index in [0.29, 0.717) is 6.42 Å². The highest BCUT2D eigenvalue weighted by atomic mass is 14.9. The van der Waals surface area contributed by atoms with Crippen LogP contribution in [0.3, 0.4) is 0 Å². The van der Waals surface area contributed by atoms with Crippen LogP contribution in [0.1, 0.15) is 11.3 Å². The number of benzene rings is 1. The second kappa shape index (κ2) is 4.62. The van der Waals surface area contributed by atoms with E-state index in [0.717, 1.165) is 5.69 Å². The van der Waals surface area contributed by atoms with Crippen LogP contribution < -0.4 is 0 Å². The van der Waals surface area contributed by atoms with Crippen LogP contribution in [-0.4, -0.2) is 4.40 Å². The van der Waals surface area contributed by atoms with Crippen LogP contribution >= 0.6 is 0 Å². The normalized spacial score (nSPS) is 10.5. The maximum absolute atomic E-state index is 9.10. The van der Waals surface area contributed by atoms with Crippen LogP contribution in [0, 0.1) is 18.3 Å². The molecule has 0 amide bonds. The number of rotatable bonds is 2. The van der Waals surface area contributed by atoms with Gasteiger partial charge in [-0.1, -0.05) is 36.4 Å². The minimum atomic E-state index is 0.420. The van der Waals surface area contributed by atoms with E-state index in [9.17, 15) is 0 Å². The molecule has 3 rings (SSSR count). The van der Waals surface area contributed by atoms with Crippen molar-refractivity contribution in [3.05, 3.63) is 66.0 Å². The Balaban J connectivity index is 2.38. The van der Waals surface area contributed by atoms with Crippen molar-refractivity contribution in [2.24, 2.45) is 0 Å². The number of hydrogen-bond donors (Lipinski definition) is 0. The van der Waals surface area contributed by atoms with E-state index in [-0.39, 0.29) is 0 Å². The maximum Gasteiger partial charge on any atom is 0.0764 e. The first-order valence-electron chi connectivity index (χ1n) is 6.34. The smallest absolute Gasteiger partial charge is 0.0764 e. The van der Waals surface area contributed by atoms with Crippen LogP contribution in [0.15, 0.2) is 54.7 Å². The zero-order valence-electron chi connectivity index (χ0n) is 10.8. The number of nitrogens with zero attached hydrogens (tertiary/aromatic N) is 2. The lowest BCUT2D eigenvalue weighted by Gasteiger charge is -2.04. The Bertz CT molecular complexity index is 761. The van der Waals surface area contributed by atoms with Gasteiger partial charge in [0.2, 0.25) is 0 Å². The van der Waals surface area contributed by atoms with Crippen LogP contribution in [0.25, 0.3) is 16.6 Å². The summed E-state index contributed by atoms with van der Waals surface area (Å²) in [5.41, 5.74) is 5.84. The third-order valence-electron chi connectivity index (χ3n) is 3.51. The van der Waals surface area contributed by atoms with E-state index >= 15 is 0 Å². The highest BCUT2D eigenvalue weighted by Crippen LogP contribution is 2.32. The summed E-state index contributed by atoms with van der Waals surface area (Å²) in [6.45, 7) is 2.12. The predicted octanol–water partition coefficient (Wildman–Crippen LogP) is 3.98. The van der Waals surface area contributed by atoms with Gasteiger partial charge >= 0.3 is 0 Å². The lowest BCUT2D eigenvalue weighted by molar-refractivity contribution is 1.06. The molecule has 19 heavy (non-hydrogen) atoms. The third kappa shape index (κ3) is 1.80. The summed E-state index contributed by atoms with van der Waals surface area (Å²) < 4.78 is 2.13. The molecule has 0 aliphatic heterocycles. The van der Waals surface area contributed by atoms with Gasteiger partial charge in [0.1, 0.15) is 0 Å². The van der Waals surface area contributed by atoms with Crippen molar-refractivity contribution in [3.63, 3.8) is 0 Å². The van der Waals surface area contributed by atoms with E-state index in [4.69, 9.17) is 5.26 Å². The van der Waals surface area contributed by atoms with Crippen molar-refractivity contribution in [3.8, 4) is 17.2 Å². The van der Waals surface area contributed by atoms with Gasteiger partial charge < -0.3 is 4.40 Å². The highest BCUT2D eigenvalue weighted by molar-refractivity contribution is 5.79. The van der Waals surface area contributed by atoms with Crippen molar-refractivity contribution >= 4 is 5.52 Å². The first-order chi connectivity index (χ1) is 9.33. The molecule has 3 aromatic rings. The van der Waals surface area contributed by atoms with Crippen LogP contribution in [-0.2, 0) is 6.42 Å². The number of nitriles is 1. The molecular formula is C17H14N2. The van der Waals surface area contributed by atoms with E-state index in [2.05, 4.69) is 35.6 Å². The first-order valence-corrected chi connectivity index (χ1v) is 6.34. The van der Waals surface area contributed by atoms with Crippen molar-refractivity contribution < 1.29 is 0 Å². The molecule has 0 aliphatic rings. The Hall–Kier alpha value is -2.53. The van der Waals surface area contributed by atoms with Crippen molar-refractivity contribution in [2.75, 3.05) is 0 Å². The lowest BCUT2D eigenvalue weighted by Crippen LogP contribution is -1.92. The molecule has 2 nitrogen and oxygen atoms in total. The summed E-state index contributed by atoms with van der Waals surface area (Å²) in [5.74, 6) is 0. The standard InChI is InChI=1S/C17H14N2/c1-13-15-9-5-6-12-19(15)16(10-11-18)17(13)14-7-3-2-4-8-14/h2-9,12H,10H2,1H3. The monoisotopic (exact) mass is 246 g/mol. The Kier molecular flexibility index (Phi) is 2.81. The summed E-state index contributed by atoms with van der Waals surface area (Å²) in [5, 5.41) is 9.10. The Morgan fingerprint density at radius 1 is 1.05 bits per heavy atom. The second-order valence-corrected chi connectivity index (χ2v) is 4.60. The van der Waals surface area contributed by atoms with Gasteiger partial charge in [0.25, 0.3) is 0 Å².